The van der Waals surface area contributed by atoms with Crippen LogP contribution < -0.4 is 0 Å². The number of aromatic amines is 1. The number of hydrogen-bond donors (Lipinski definition) is 1. The molecule has 0 spiro atoms. The highest BCUT2D eigenvalue weighted by Crippen LogP contribution is 2.38. The molecule has 6 rings (SSSR count). The van der Waals surface area contributed by atoms with E-state index >= 15 is 0 Å². The van der Waals surface area contributed by atoms with Gasteiger partial charge in [0.1, 0.15) is 0 Å². The highest BCUT2D eigenvalue weighted by Gasteiger charge is 2.35. The molecule has 2 aliphatic heterocycles. The molecule has 1 unspecified atom stereocenters. The van der Waals surface area contributed by atoms with E-state index in [-0.39, 0.29) is 12.0 Å². The highest BCUT2D eigenvalue weighted by molar-refractivity contribution is 5.85. The van der Waals surface area contributed by atoms with Gasteiger partial charge in [0.15, 0.2) is 0 Å². The van der Waals surface area contributed by atoms with E-state index in [4.69, 9.17) is 0 Å². The lowest BCUT2D eigenvalue weighted by molar-refractivity contribution is -0.138. The Labute approximate surface area is 209 Å². The molecule has 1 saturated heterocycles. The number of carbonyl (C=O) groups is 1. The van der Waals surface area contributed by atoms with Crippen LogP contribution in [-0.4, -0.2) is 46.9 Å². The third-order valence-electron chi connectivity index (χ3n) is 9.06. The number of nitrogens with one attached hydrogen (secondary N) is 1. The molecule has 1 saturated carbocycles. The van der Waals surface area contributed by atoms with Crippen molar-refractivity contribution in [3.8, 4) is 0 Å². The third kappa shape index (κ3) is 4.42. The van der Waals surface area contributed by atoms with Crippen LogP contribution >= 0.6 is 0 Å². The van der Waals surface area contributed by atoms with Crippen LogP contribution in [0.3, 0.4) is 0 Å². The van der Waals surface area contributed by atoms with E-state index < -0.39 is 0 Å². The highest BCUT2D eigenvalue weighted by atomic mass is 16.2. The second-order valence-corrected chi connectivity index (χ2v) is 11.1. The quantitative estimate of drug-likeness (QED) is 0.472. The molecule has 3 aliphatic rings. The van der Waals surface area contributed by atoms with Crippen molar-refractivity contribution in [3.05, 3.63) is 70.9 Å². The van der Waals surface area contributed by atoms with E-state index in [0.29, 0.717) is 11.8 Å². The zero-order valence-corrected chi connectivity index (χ0v) is 21.1. The van der Waals surface area contributed by atoms with Gasteiger partial charge in [-0.2, -0.15) is 0 Å². The summed E-state index contributed by atoms with van der Waals surface area (Å²) in [6.45, 7) is 6.49. The molecule has 184 valence electrons. The first kappa shape index (κ1) is 22.8. The van der Waals surface area contributed by atoms with Crippen LogP contribution in [0.25, 0.3) is 10.9 Å². The summed E-state index contributed by atoms with van der Waals surface area (Å²) in [5, 5.41) is 1.41. The van der Waals surface area contributed by atoms with Crippen LogP contribution in [0.2, 0.25) is 0 Å². The smallest absolute Gasteiger partial charge is 0.226 e. The van der Waals surface area contributed by atoms with E-state index in [9.17, 15) is 4.79 Å². The van der Waals surface area contributed by atoms with Crippen LogP contribution in [0.5, 0.6) is 0 Å². The number of para-hydroxylation sites is 1. The van der Waals surface area contributed by atoms with Gasteiger partial charge in [-0.05, 0) is 87.2 Å². The summed E-state index contributed by atoms with van der Waals surface area (Å²) in [6, 6.07) is 17.9. The summed E-state index contributed by atoms with van der Waals surface area (Å²) >= 11 is 0. The maximum atomic E-state index is 13.5. The Balaban J connectivity index is 1.13. The largest absolute Gasteiger partial charge is 0.358 e. The van der Waals surface area contributed by atoms with Crippen molar-refractivity contribution in [3.63, 3.8) is 0 Å². The number of hydrogen-bond acceptors (Lipinski definition) is 2. The third-order valence-corrected chi connectivity index (χ3v) is 9.06. The summed E-state index contributed by atoms with van der Waals surface area (Å²) in [7, 11) is 0. The van der Waals surface area contributed by atoms with Crippen molar-refractivity contribution in [2.75, 3.05) is 26.2 Å². The van der Waals surface area contributed by atoms with Crippen molar-refractivity contribution in [1.29, 1.82) is 0 Å². The number of H-pyrrole nitrogens is 1. The molecule has 1 aromatic heterocycles. The van der Waals surface area contributed by atoms with Crippen LogP contribution in [0, 0.1) is 12.8 Å². The molecule has 1 amide bonds. The van der Waals surface area contributed by atoms with Gasteiger partial charge in [-0.3, -0.25) is 4.79 Å². The number of amides is 1. The number of benzene rings is 2. The fourth-order valence-electron chi connectivity index (χ4n) is 7.21. The van der Waals surface area contributed by atoms with Crippen LogP contribution in [0.4, 0.5) is 0 Å². The molecule has 1 atom stereocenters. The minimum atomic E-state index is 0.238. The maximum absolute atomic E-state index is 13.5. The number of aryl methyl sites for hydroxylation is 1. The average molecular weight is 470 g/mol. The molecule has 2 aromatic carbocycles. The number of fused-ring (bicyclic) bond motifs is 2. The zero-order chi connectivity index (χ0) is 23.8. The summed E-state index contributed by atoms with van der Waals surface area (Å²) in [5.74, 6) is 1.33. The summed E-state index contributed by atoms with van der Waals surface area (Å²) in [6.07, 6.45) is 9.09. The molecule has 4 heteroatoms. The Morgan fingerprint density at radius 1 is 0.943 bits per heavy atom. The van der Waals surface area contributed by atoms with Crippen molar-refractivity contribution >= 4 is 16.8 Å². The van der Waals surface area contributed by atoms with Crippen LogP contribution in [0.1, 0.15) is 79.3 Å². The first-order chi connectivity index (χ1) is 17.2. The van der Waals surface area contributed by atoms with Crippen molar-refractivity contribution < 1.29 is 4.79 Å². The number of carbonyl (C=O) groups excluding carboxylic acids is 1. The first-order valence-corrected chi connectivity index (χ1v) is 13.9. The predicted molar refractivity (Wildman–Crippen MR) is 143 cm³/mol. The summed E-state index contributed by atoms with van der Waals surface area (Å²) in [4.78, 5) is 22.0. The molecule has 0 radical (unpaired) electrons. The van der Waals surface area contributed by atoms with Gasteiger partial charge in [-0.1, -0.05) is 55.3 Å². The Kier molecular flexibility index (Phi) is 6.40. The molecule has 3 aromatic rings. The normalized spacial score (nSPS) is 22.1. The monoisotopic (exact) mass is 469 g/mol. The topological polar surface area (TPSA) is 39.3 Å². The Hall–Kier alpha value is -2.59. The Morgan fingerprint density at radius 3 is 2.51 bits per heavy atom. The van der Waals surface area contributed by atoms with Crippen LogP contribution in [0.15, 0.2) is 48.5 Å². The molecule has 35 heavy (non-hydrogen) atoms. The SMILES string of the molecule is Cc1[nH]c2ccccc2c1C1CCN(CCC2c3ccccc3CCN2C(=O)C2CCCC2)CC1. The molecular weight excluding hydrogens is 430 g/mol. The van der Waals surface area contributed by atoms with Crippen LogP contribution in [-0.2, 0) is 11.2 Å². The molecular formula is C31H39N3O. The lowest BCUT2D eigenvalue weighted by Crippen LogP contribution is -2.44. The van der Waals surface area contributed by atoms with E-state index in [0.717, 1.165) is 51.9 Å². The van der Waals surface area contributed by atoms with Gasteiger partial charge in [0.2, 0.25) is 5.91 Å². The van der Waals surface area contributed by atoms with Gasteiger partial charge >= 0.3 is 0 Å². The molecule has 1 aliphatic carbocycles. The van der Waals surface area contributed by atoms with Crippen molar-refractivity contribution in [1.82, 2.24) is 14.8 Å². The van der Waals surface area contributed by atoms with Gasteiger partial charge < -0.3 is 14.8 Å². The van der Waals surface area contributed by atoms with Crippen molar-refractivity contribution in [2.45, 2.75) is 70.3 Å². The minimum Gasteiger partial charge on any atom is -0.358 e. The second-order valence-electron chi connectivity index (χ2n) is 11.1. The molecule has 2 fully saturated rings. The Bertz CT molecular complexity index is 1180. The van der Waals surface area contributed by atoms with Gasteiger partial charge in [0, 0.05) is 35.6 Å². The number of piperidine rings is 1. The van der Waals surface area contributed by atoms with E-state index in [2.05, 4.69) is 70.2 Å². The minimum absolute atomic E-state index is 0.238. The molecule has 4 nitrogen and oxygen atoms in total. The average Bonchev–Trinajstić information content (AvgIpc) is 3.55. The fraction of sp³-hybridized carbons (Fsp3) is 0.516. The van der Waals surface area contributed by atoms with Gasteiger partial charge in [-0.15, -0.1) is 0 Å². The molecule has 3 heterocycles. The van der Waals surface area contributed by atoms with Gasteiger partial charge in [0.25, 0.3) is 0 Å². The summed E-state index contributed by atoms with van der Waals surface area (Å²) < 4.78 is 0. The second kappa shape index (κ2) is 9.81. The maximum Gasteiger partial charge on any atom is 0.226 e. The molecule has 1 N–H and O–H groups in total. The fourth-order valence-corrected chi connectivity index (χ4v) is 7.21. The first-order valence-electron chi connectivity index (χ1n) is 13.9. The number of nitrogens with zero attached hydrogens (tertiary/aromatic N) is 2. The number of likely N-dealkylation sites (tertiary alicyclic amines) is 1. The zero-order valence-electron chi connectivity index (χ0n) is 21.1. The Morgan fingerprint density at radius 2 is 1.69 bits per heavy atom. The number of rotatable bonds is 5. The lowest BCUT2D eigenvalue weighted by atomic mass is 9.86. The predicted octanol–water partition coefficient (Wildman–Crippen LogP) is 6.36. The van der Waals surface area contributed by atoms with Gasteiger partial charge in [0.05, 0.1) is 6.04 Å². The molecule has 0 bridgehead atoms. The number of aromatic nitrogens is 1. The van der Waals surface area contributed by atoms with E-state index in [1.165, 1.54) is 59.0 Å². The standard InChI is InChI=1S/C31H39N3O/c1-22-30(27-12-6-7-13-28(27)32-22)24-14-18-33(19-15-24)20-17-29-26-11-5-4-8-23(26)16-21-34(29)31(35)25-9-2-3-10-25/h4-8,11-13,24-25,29,32H,2-3,9-10,14-21H2,1H3. The van der Waals surface area contributed by atoms with Gasteiger partial charge in [-0.25, -0.2) is 0 Å². The lowest BCUT2D eigenvalue weighted by Gasteiger charge is -2.40. The van der Waals surface area contributed by atoms with Crippen molar-refractivity contribution in [2.24, 2.45) is 5.92 Å². The summed E-state index contributed by atoms with van der Waals surface area (Å²) in [5.41, 5.74) is 6.99. The van der Waals surface area contributed by atoms with E-state index in [1.54, 1.807) is 0 Å². The van der Waals surface area contributed by atoms with E-state index in [1.807, 2.05) is 0 Å².